The van der Waals surface area contributed by atoms with Gasteiger partial charge in [-0.3, -0.25) is 4.79 Å². The largest absolute Gasteiger partial charge is 0.340 e. The van der Waals surface area contributed by atoms with Gasteiger partial charge < -0.3 is 14.7 Å². The number of piperazine rings is 1. The van der Waals surface area contributed by atoms with Crippen molar-refractivity contribution < 1.29 is 18.0 Å². The molecule has 2 aromatic rings. The summed E-state index contributed by atoms with van der Waals surface area (Å²) in [6.07, 6.45) is 1.19. The lowest BCUT2D eigenvalue weighted by molar-refractivity contribution is -0.137. The zero-order valence-electron chi connectivity index (χ0n) is 23.0. The zero-order chi connectivity index (χ0) is 28.7. The second kappa shape index (κ2) is 11.3. The average molecular weight is 596 g/mol. The van der Waals surface area contributed by atoms with E-state index in [1.54, 1.807) is 39.9 Å². The number of carbonyl (C=O) groups is 2. The Kier molecular flexibility index (Phi) is 8.57. The van der Waals surface area contributed by atoms with E-state index in [-0.39, 0.29) is 37.0 Å². The molecule has 11 heteroatoms. The Morgan fingerprint density at radius 3 is 2.03 bits per heavy atom. The van der Waals surface area contributed by atoms with Gasteiger partial charge in [0.25, 0.3) is 0 Å². The Morgan fingerprint density at radius 2 is 1.49 bits per heavy atom. The quantitative estimate of drug-likeness (QED) is 0.519. The summed E-state index contributed by atoms with van der Waals surface area (Å²) in [5, 5.41) is 0.930. The number of hydrogen-bond acceptors (Lipinski definition) is 4. The highest BCUT2D eigenvalue weighted by Crippen LogP contribution is 2.36. The normalized spacial score (nSPS) is 20.8. The molecule has 0 unspecified atom stereocenters. The van der Waals surface area contributed by atoms with E-state index >= 15 is 0 Å². The van der Waals surface area contributed by atoms with E-state index in [1.807, 2.05) is 32.9 Å². The summed E-state index contributed by atoms with van der Waals surface area (Å²) in [6, 6.07) is 13.0. The molecule has 0 saturated carbocycles. The molecule has 0 radical (unpaired) electrons. The van der Waals surface area contributed by atoms with Crippen molar-refractivity contribution in [3.8, 4) is 0 Å². The van der Waals surface area contributed by atoms with Crippen LogP contribution in [0.5, 0.6) is 0 Å². The van der Waals surface area contributed by atoms with Gasteiger partial charge in [-0.2, -0.15) is 4.31 Å². The first kappa shape index (κ1) is 29.6. The maximum absolute atomic E-state index is 14.0. The van der Waals surface area contributed by atoms with Gasteiger partial charge >= 0.3 is 6.03 Å². The topological polar surface area (TPSA) is 81.2 Å². The molecular formula is C28H36Cl2N4O4S. The molecule has 0 bridgehead atoms. The van der Waals surface area contributed by atoms with Crippen LogP contribution in [0.25, 0.3) is 0 Å². The monoisotopic (exact) mass is 594 g/mol. The Hall–Kier alpha value is -2.33. The number of rotatable bonds is 5. The highest BCUT2D eigenvalue weighted by atomic mass is 35.5. The number of nitrogens with zero attached hydrogens (tertiary/aromatic N) is 4. The molecule has 0 spiro atoms. The van der Waals surface area contributed by atoms with Crippen molar-refractivity contribution in [2.75, 3.05) is 52.6 Å². The average Bonchev–Trinajstić information content (AvgIpc) is 3.32. The maximum atomic E-state index is 14.0. The van der Waals surface area contributed by atoms with Crippen LogP contribution < -0.4 is 0 Å². The van der Waals surface area contributed by atoms with Crippen LogP contribution in [0.2, 0.25) is 10.0 Å². The molecule has 3 amide bonds. The molecule has 2 heterocycles. The van der Waals surface area contributed by atoms with Gasteiger partial charge in [-0.05, 0) is 50.1 Å². The number of hydrogen-bond donors (Lipinski definition) is 0. The van der Waals surface area contributed by atoms with Crippen LogP contribution in [-0.4, -0.2) is 98.0 Å². The van der Waals surface area contributed by atoms with Gasteiger partial charge in [0, 0.05) is 62.3 Å². The molecular weight excluding hydrogens is 559 g/mol. The molecule has 2 saturated heterocycles. The van der Waals surface area contributed by atoms with Crippen LogP contribution in [0, 0.1) is 6.92 Å². The van der Waals surface area contributed by atoms with E-state index in [1.165, 1.54) is 10.6 Å². The number of urea groups is 1. The number of likely N-dealkylation sites (N-methyl/N-ethyl adjacent to an activating group) is 1. The second-order valence-electron chi connectivity index (χ2n) is 11.1. The molecule has 2 aliphatic heterocycles. The number of sulfonamides is 1. The van der Waals surface area contributed by atoms with Gasteiger partial charge in [-0.1, -0.05) is 53.0 Å². The van der Waals surface area contributed by atoms with Crippen molar-refractivity contribution in [3.63, 3.8) is 0 Å². The fraction of sp³-hybridized carbons (Fsp3) is 0.500. The fourth-order valence-electron chi connectivity index (χ4n) is 5.52. The molecule has 39 heavy (non-hydrogen) atoms. The number of amides is 3. The molecule has 212 valence electrons. The van der Waals surface area contributed by atoms with E-state index in [4.69, 9.17) is 23.2 Å². The lowest BCUT2D eigenvalue weighted by atomic mass is 9.82. The predicted octanol–water partition coefficient (Wildman–Crippen LogP) is 4.20. The molecule has 2 atom stereocenters. The van der Waals surface area contributed by atoms with Crippen LogP contribution in [-0.2, 0) is 20.2 Å². The summed E-state index contributed by atoms with van der Waals surface area (Å²) in [6.45, 7) is 7.78. The number of aryl methyl sites for hydroxylation is 1. The molecule has 0 aromatic heterocycles. The van der Waals surface area contributed by atoms with E-state index in [9.17, 15) is 18.0 Å². The number of benzene rings is 2. The third-order valence-corrected chi connectivity index (χ3v) is 9.72. The number of halogens is 2. The maximum Gasteiger partial charge on any atom is 0.320 e. The van der Waals surface area contributed by atoms with Crippen molar-refractivity contribution in [3.05, 3.63) is 69.2 Å². The zero-order valence-corrected chi connectivity index (χ0v) is 25.4. The molecule has 2 aliphatic rings. The number of likely N-dealkylation sites (tertiary alicyclic amines) is 1. The van der Waals surface area contributed by atoms with Crippen molar-refractivity contribution in [1.82, 2.24) is 19.0 Å². The SMILES string of the molecule is Cc1ccc([C@@H]2CN(C(=O)N3CCN(S(C)(=O)=O)CC3)C[C@H]2N(C)C(=O)C(C)(C)c2cc(Cl)cc(Cl)c2)cc1. The Balaban J connectivity index is 1.58. The standard InChI is InChI=1S/C28H36Cl2N4O4S/c1-19-6-8-20(9-7-19)24-17-33(27(36)32-10-12-34(13-11-32)39(5,37)38)18-25(24)31(4)26(35)28(2,3)21-14-22(29)16-23(30)15-21/h6-9,14-16,24-25H,10-13,17-18H2,1-5H3/t24-,25+/m0/s1. The van der Waals surface area contributed by atoms with Crippen LogP contribution in [0.15, 0.2) is 42.5 Å². The van der Waals surface area contributed by atoms with E-state index in [0.29, 0.717) is 36.2 Å². The highest BCUT2D eigenvalue weighted by molar-refractivity contribution is 7.88. The van der Waals surface area contributed by atoms with E-state index in [0.717, 1.165) is 16.7 Å². The number of carbonyl (C=O) groups excluding carboxylic acids is 2. The third-order valence-electron chi connectivity index (χ3n) is 7.98. The first-order valence-corrected chi connectivity index (χ1v) is 15.6. The molecule has 2 aromatic carbocycles. The first-order valence-electron chi connectivity index (χ1n) is 13.0. The molecule has 2 fully saturated rings. The van der Waals surface area contributed by atoms with Crippen LogP contribution in [0.3, 0.4) is 0 Å². The van der Waals surface area contributed by atoms with Gasteiger partial charge in [0.2, 0.25) is 15.9 Å². The van der Waals surface area contributed by atoms with E-state index < -0.39 is 15.4 Å². The lowest BCUT2D eigenvalue weighted by Gasteiger charge is -2.36. The van der Waals surface area contributed by atoms with Crippen LogP contribution >= 0.6 is 23.2 Å². The minimum absolute atomic E-state index is 0.0837. The lowest BCUT2D eigenvalue weighted by Crippen LogP contribution is -2.54. The Labute approximate surface area is 241 Å². The molecule has 0 N–H and O–H groups in total. The summed E-state index contributed by atoms with van der Waals surface area (Å²) >= 11 is 12.5. The summed E-state index contributed by atoms with van der Waals surface area (Å²) in [5.41, 5.74) is 2.01. The van der Waals surface area contributed by atoms with Crippen molar-refractivity contribution in [2.45, 2.75) is 38.1 Å². The summed E-state index contributed by atoms with van der Waals surface area (Å²) in [5.74, 6) is -0.182. The Morgan fingerprint density at radius 1 is 0.923 bits per heavy atom. The van der Waals surface area contributed by atoms with Gasteiger partial charge in [0.05, 0.1) is 17.7 Å². The summed E-state index contributed by atoms with van der Waals surface area (Å²) in [7, 11) is -1.50. The van der Waals surface area contributed by atoms with Crippen molar-refractivity contribution in [2.24, 2.45) is 0 Å². The van der Waals surface area contributed by atoms with E-state index in [2.05, 4.69) is 12.1 Å². The van der Waals surface area contributed by atoms with Crippen LogP contribution in [0.1, 0.15) is 36.5 Å². The predicted molar refractivity (Wildman–Crippen MR) is 155 cm³/mol. The third kappa shape index (κ3) is 6.37. The van der Waals surface area contributed by atoms with Crippen LogP contribution in [0.4, 0.5) is 4.79 Å². The van der Waals surface area contributed by atoms with Gasteiger partial charge in [-0.25, -0.2) is 13.2 Å². The minimum Gasteiger partial charge on any atom is -0.340 e. The van der Waals surface area contributed by atoms with Crippen molar-refractivity contribution in [1.29, 1.82) is 0 Å². The minimum atomic E-state index is -3.29. The van der Waals surface area contributed by atoms with Gasteiger partial charge in [0.15, 0.2) is 0 Å². The van der Waals surface area contributed by atoms with Crippen molar-refractivity contribution >= 4 is 45.2 Å². The van der Waals surface area contributed by atoms with Gasteiger partial charge in [-0.15, -0.1) is 0 Å². The Bertz CT molecular complexity index is 1320. The highest BCUT2D eigenvalue weighted by Gasteiger charge is 2.44. The second-order valence-corrected chi connectivity index (χ2v) is 14.0. The first-order chi connectivity index (χ1) is 18.2. The smallest absolute Gasteiger partial charge is 0.320 e. The summed E-state index contributed by atoms with van der Waals surface area (Å²) < 4.78 is 25.2. The molecule has 4 rings (SSSR count). The van der Waals surface area contributed by atoms with Gasteiger partial charge in [0.1, 0.15) is 0 Å². The molecule has 0 aliphatic carbocycles. The molecule has 8 nitrogen and oxygen atoms in total. The fourth-order valence-corrected chi connectivity index (χ4v) is 6.87. The summed E-state index contributed by atoms with van der Waals surface area (Å²) in [4.78, 5) is 32.8.